The van der Waals surface area contributed by atoms with Gasteiger partial charge in [-0.1, -0.05) is 67.2 Å². The highest BCUT2D eigenvalue weighted by molar-refractivity contribution is 7.02. The van der Waals surface area contributed by atoms with Gasteiger partial charge in [-0.3, -0.25) is 0 Å². The average Bonchev–Trinajstić information content (AvgIpc) is 2.38. The molecule has 2 aromatic rings. The molecule has 0 fully saturated rings. The Morgan fingerprint density at radius 1 is 0.722 bits per heavy atom. The second-order valence-electron chi connectivity index (χ2n) is 4.35. The normalized spacial score (nSPS) is 12.4. The van der Waals surface area contributed by atoms with Crippen molar-refractivity contribution in [2.45, 2.75) is 12.3 Å². The smallest absolute Gasteiger partial charge is 0.176 e. The van der Waals surface area contributed by atoms with Crippen LogP contribution in [0.3, 0.4) is 0 Å². The summed E-state index contributed by atoms with van der Waals surface area (Å²) in [6, 6.07) is 16.4. The molecule has 0 bridgehead atoms. The Bertz CT molecular complexity index is 466. The number of halogens is 3. The van der Waals surface area contributed by atoms with Crippen molar-refractivity contribution in [3.8, 4) is 0 Å². The SMILES string of the molecule is C[Si](c1ccccc1)(c1ccccc1)C(F)(F)F. The first-order valence-corrected chi connectivity index (χ1v) is 8.14. The number of hydrogen-bond acceptors (Lipinski definition) is 0. The van der Waals surface area contributed by atoms with E-state index in [1.807, 2.05) is 0 Å². The molecule has 0 aliphatic heterocycles. The van der Waals surface area contributed by atoms with Crippen LogP contribution in [-0.2, 0) is 0 Å². The Morgan fingerprint density at radius 3 is 1.33 bits per heavy atom. The number of benzene rings is 2. The Balaban J connectivity index is 2.63. The van der Waals surface area contributed by atoms with E-state index in [2.05, 4.69) is 0 Å². The molecule has 0 N–H and O–H groups in total. The van der Waals surface area contributed by atoms with E-state index in [1.165, 1.54) is 6.55 Å². The highest BCUT2D eigenvalue weighted by atomic mass is 28.3. The second kappa shape index (κ2) is 4.61. The van der Waals surface area contributed by atoms with Crippen LogP contribution in [0, 0.1) is 0 Å². The standard InChI is InChI=1S/C14H13F3Si/c1-18(14(15,16)17,12-8-4-2-5-9-12)13-10-6-3-7-11-13/h2-11H,1H3. The maximum Gasteiger partial charge on any atom is 0.370 e. The highest BCUT2D eigenvalue weighted by Crippen LogP contribution is 2.28. The first-order chi connectivity index (χ1) is 8.46. The molecule has 0 saturated heterocycles. The van der Waals surface area contributed by atoms with Gasteiger partial charge in [0.05, 0.1) is 0 Å². The van der Waals surface area contributed by atoms with Crippen LogP contribution in [0.2, 0.25) is 6.55 Å². The Labute approximate surface area is 105 Å². The molecule has 0 atom stereocenters. The van der Waals surface area contributed by atoms with Gasteiger partial charge in [-0.2, -0.15) is 13.2 Å². The van der Waals surface area contributed by atoms with Gasteiger partial charge in [-0.25, -0.2) is 0 Å². The van der Waals surface area contributed by atoms with Crippen molar-refractivity contribution in [3.63, 3.8) is 0 Å². The van der Waals surface area contributed by atoms with Gasteiger partial charge in [0.2, 0.25) is 8.07 Å². The lowest BCUT2D eigenvalue weighted by atomic mass is 10.4. The molecule has 0 aromatic heterocycles. The molecule has 0 radical (unpaired) electrons. The summed E-state index contributed by atoms with van der Waals surface area (Å²) in [6.07, 6.45) is 0. The summed E-state index contributed by atoms with van der Waals surface area (Å²) in [5, 5.41) is 0.785. The summed E-state index contributed by atoms with van der Waals surface area (Å²) >= 11 is 0. The van der Waals surface area contributed by atoms with Crippen LogP contribution in [0.25, 0.3) is 0 Å². The maximum absolute atomic E-state index is 13.5. The van der Waals surface area contributed by atoms with Gasteiger partial charge < -0.3 is 0 Å². The van der Waals surface area contributed by atoms with Gasteiger partial charge in [-0.05, 0) is 10.4 Å². The summed E-state index contributed by atoms with van der Waals surface area (Å²) < 4.78 is 40.6. The third kappa shape index (κ3) is 2.08. The third-order valence-electron chi connectivity index (χ3n) is 3.27. The van der Waals surface area contributed by atoms with Gasteiger partial charge in [0.25, 0.3) is 0 Å². The van der Waals surface area contributed by atoms with Crippen molar-refractivity contribution in [1.29, 1.82) is 0 Å². The molecule has 18 heavy (non-hydrogen) atoms. The zero-order chi connectivity index (χ0) is 13.2. The molecule has 0 heterocycles. The molecular formula is C14H13F3Si. The minimum absolute atomic E-state index is 0.392. The fourth-order valence-electron chi connectivity index (χ4n) is 2.04. The fourth-order valence-corrected chi connectivity index (χ4v) is 4.74. The Hall–Kier alpha value is -1.55. The van der Waals surface area contributed by atoms with E-state index in [4.69, 9.17) is 0 Å². The van der Waals surface area contributed by atoms with Crippen LogP contribution < -0.4 is 10.4 Å². The molecule has 0 spiro atoms. The predicted octanol–water partition coefficient (Wildman–Crippen LogP) is 2.98. The van der Waals surface area contributed by atoms with Gasteiger partial charge in [0, 0.05) is 0 Å². The van der Waals surface area contributed by atoms with Crippen molar-refractivity contribution in [2.75, 3.05) is 0 Å². The van der Waals surface area contributed by atoms with Crippen LogP contribution in [-0.4, -0.2) is 13.9 Å². The average molecular weight is 266 g/mol. The van der Waals surface area contributed by atoms with Gasteiger partial charge in [-0.15, -0.1) is 0 Å². The van der Waals surface area contributed by atoms with Crippen molar-refractivity contribution < 1.29 is 13.2 Å². The second-order valence-corrected chi connectivity index (χ2v) is 8.33. The van der Waals surface area contributed by atoms with Crippen LogP contribution in [0.5, 0.6) is 0 Å². The summed E-state index contributed by atoms with van der Waals surface area (Å²) in [6.45, 7) is 1.36. The quantitative estimate of drug-likeness (QED) is 0.733. The van der Waals surface area contributed by atoms with Crippen molar-refractivity contribution in [2.24, 2.45) is 0 Å². The molecular weight excluding hydrogens is 253 g/mol. The molecule has 2 aromatic carbocycles. The zero-order valence-corrected chi connectivity index (χ0v) is 10.9. The molecule has 2 rings (SSSR count). The minimum Gasteiger partial charge on any atom is -0.176 e. The van der Waals surface area contributed by atoms with E-state index < -0.39 is 13.9 Å². The van der Waals surface area contributed by atoms with Crippen LogP contribution >= 0.6 is 0 Å². The van der Waals surface area contributed by atoms with Crippen LogP contribution in [0.4, 0.5) is 13.2 Å². The number of hydrogen-bond donors (Lipinski definition) is 0. The summed E-state index contributed by atoms with van der Waals surface area (Å²) in [7, 11) is -3.70. The Morgan fingerprint density at radius 2 is 1.06 bits per heavy atom. The maximum atomic E-state index is 13.5. The molecule has 4 heteroatoms. The summed E-state index contributed by atoms with van der Waals surface area (Å²) in [5.41, 5.74) is 0. The minimum atomic E-state index is -4.20. The topological polar surface area (TPSA) is 0 Å². The lowest BCUT2D eigenvalue weighted by molar-refractivity contribution is -0.0527. The predicted molar refractivity (Wildman–Crippen MR) is 69.8 cm³/mol. The summed E-state index contributed by atoms with van der Waals surface area (Å²) in [5.74, 6) is -4.20. The first kappa shape index (κ1) is 12.9. The number of rotatable bonds is 2. The molecule has 0 aliphatic carbocycles. The lowest BCUT2D eigenvalue weighted by Gasteiger charge is -2.30. The van der Waals surface area contributed by atoms with E-state index in [-0.39, 0.29) is 0 Å². The van der Waals surface area contributed by atoms with Crippen molar-refractivity contribution in [1.82, 2.24) is 0 Å². The lowest BCUT2D eigenvalue weighted by Crippen LogP contribution is -2.66. The van der Waals surface area contributed by atoms with Gasteiger partial charge in [0.1, 0.15) is 0 Å². The van der Waals surface area contributed by atoms with E-state index in [9.17, 15) is 13.2 Å². The fraction of sp³-hybridized carbons (Fsp3) is 0.143. The zero-order valence-electron chi connectivity index (χ0n) is 9.91. The molecule has 0 amide bonds. The van der Waals surface area contributed by atoms with Crippen molar-refractivity contribution in [3.05, 3.63) is 60.7 Å². The molecule has 0 nitrogen and oxygen atoms in total. The van der Waals surface area contributed by atoms with E-state index >= 15 is 0 Å². The number of alkyl halides is 3. The monoisotopic (exact) mass is 266 g/mol. The molecule has 0 saturated carbocycles. The molecule has 0 unspecified atom stereocenters. The highest BCUT2D eigenvalue weighted by Gasteiger charge is 2.55. The van der Waals surface area contributed by atoms with Gasteiger partial charge in [0.15, 0.2) is 0 Å². The van der Waals surface area contributed by atoms with Crippen LogP contribution in [0.15, 0.2) is 60.7 Å². The first-order valence-electron chi connectivity index (χ1n) is 5.64. The Kier molecular flexibility index (Phi) is 3.30. The third-order valence-corrected chi connectivity index (χ3v) is 7.38. The van der Waals surface area contributed by atoms with Gasteiger partial charge >= 0.3 is 5.80 Å². The largest absolute Gasteiger partial charge is 0.370 e. The van der Waals surface area contributed by atoms with Crippen LogP contribution in [0.1, 0.15) is 0 Å². The molecule has 0 aliphatic rings. The summed E-state index contributed by atoms with van der Waals surface area (Å²) in [4.78, 5) is 0. The van der Waals surface area contributed by atoms with Crippen molar-refractivity contribution >= 4 is 18.4 Å². The van der Waals surface area contributed by atoms with E-state index in [0.717, 1.165) is 0 Å². The van der Waals surface area contributed by atoms with E-state index in [0.29, 0.717) is 10.4 Å². The molecule has 94 valence electrons. The van der Waals surface area contributed by atoms with E-state index in [1.54, 1.807) is 60.7 Å².